The zero-order valence-electron chi connectivity index (χ0n) is 15.3. The third-order valence-electron chi connectivity index (χ3n) is 4.03. The normalized spacial score (nSPS) is 15.3. The molecule has 1 aromatic rings. The molecule has 1 aromatic carbocycles. The number of benzene rings is 1. The summed E-state index contributed by atoms with van der Waals surface area (Å²) in [5, 5.41) is 4.04. The van der Waals surface area contributed by atoms with E-state index < -0.39 is 0 Å². The molecule has 0 spiro atoms. The first kappa shape index (κ1) is 20.5. The summed E-state index contributed by atoms with van der Waals surface area (Å²) in [5.74, 6) is -0.287. The van der Waals surface area contributed by atoms with E-state index in [1.165, 1.54) is 0 Å². The molecule has 1 aliphatic rings. The molecule has 142 valence electrons. The van der Waals surface area contributed by atoms with Crippen molar-refractivity contribution in [3.05, 3.63) is 34.9 Å². The minimum atomic E-state index is -0.178. The van der Waals surface area contributed by atoms with Gasteiger partial charge in [0.15, 0.2) is 5.11 Å². The lowest BCUT2D eigenvalue weighted by molar-refractivity contribution is -0.126. The summed E-state index contributed by atoms with van der Waals surface area (Å²) in [6, 6.07) is 6.84. The number of likely N-dealkylation sites (tertiary alicyclic amines) is 1. The molecule has 1 heterocycles. The van der Waals surface area contributed by atoms with Gasteiger partial charge < -0.3 is 10.2 Å². The molecule has 1 aliphatic heterocycles. The molecule has 6 nitrogen and oxygen atoms in total. The van der Waals surface area contributed by atoms with E-state index in [-0.39, 0.29) is 23.3 Å². The first-order valence-electron chi connectivity index (χ1n) is 8.58. The topological polar surface area (TPSA) is 73.5 Å². The second-order valence-electron chi connectivity index (χ2n) is 7.39. The van der Waals surface area contributed by atoms with Gasteiger partial charge in [0.25, 0.3) is 5.91 Å². The smallest absolute Gasteiger partial charge is 0.253 e. The van der Waals surface area contributed by atoms with Crippen LogP contribution in [0.25, 0.3) is 0 Å². The quantitative estimate of drug-likeness (QED) is 0.529. The van der Waals surface area contributed by atoms with Crippen molar-refractivity contribution in [1.82, 2.24) is 21.1 Å². The average molecular weight is 397 g/mol. The molecule has 0 radical (unpaired) electrons. The zero-order valence-corrected chi connectivity index (χ0v) is 16.8. The summed E-state index contributed by atoms with van der Waals surface area (Å²) in [5.41, 5.74) is 5.81. The number of hydrogen-bond acceptors (Lipinski definition) is 3. The van der Waals surface area contributed by atoms with Crippen molar-refractivity contribution in [2.75, 3.05) is 13.1 Å². The molecule has 1 saturated heterocycles. The highest BCUT2D eigenvalue weighted by Gasteiger charge is 2.28. The van der Waals surface area contributed by atoms with Crippen LogP contribution in [-0.2, 0) is 4.79 Å². The summed E-state index contributed by atoms with van der Waals surface area (Å²) in [6.45, 7) is 7.04. The minimum absolute atomic E-state index is 0.0331. The number of hydrazine groups is 1. The van der Waals surface area contributed by atoms with Gasteiger partial charge in [-0.05, 0) is 70.1 Å². The van der Waals surface area contributed by atoms with E-state index in [0.717, 1.165) is 0 Å². The van der Waals surface area contributed by atoms with Crippen LogP contribution >= 0.6 is 23.8 Å². The van der Waals surface area contributed by atoms with Crippen molar-refractivity contribution in [2.24, 2.45) is 5.92 Å². The van der Waals surface area contributed by atoms with Crippen LogP contribution in [-0.4, -0.2) is 40.5 Å². The van der Waals surface area contributed by atoms with Crippen molar-refractivity contribution in [3.63, 3.8) is 0 Å². The predicted molar refractivity (Wildman–Crippen MR) is 107 cm³/mol. The number of nitrogens with zero attached hydrogens (tertiary/aromatic N) is 1. The fourth-order valence-corrected chi connectivity index (χ4v) is 3.20. The molecule has 0 aliphatic carbocycles. The second-order valence-corrected chi connectivity index (χ2v) is 8.24. The molecule has 3 N–H and O–H groups in total. The SMILES string of the molecule is CC(C)(C)NC(=S)NNC(=O)C1CCN(C(=O)c2ccc(Cl)cc2)CC1. The van der Waals surface area contributed by atoms with E-state index in [9.17, 15) is 9.59 Å². The Hall–Kier alpha value is -1.86. The van der Waals surface area contributed by atoms with Gasteiger partial charge in [-0.2, -0.15) is 0 Å². The third kappa shape index (κ3) is 6.14. The Kier molecular flexibility index (Phi) is 6.83. The number of thiocarbonyl (C=S) groups is 1. The number of carbonyl (C=O) groups is 2. The van der Waals surface area contributed by atoms with E-state index in [1.54, 1.807) is 29.2 Å². The molecule has 0 saturated carbocycles. The second kappa shape index (κ2) is 8.68. The lowest BCUT2D eigenvalue weighted by atomic mass is 9.95. The summed E-state index contributed by atoms with van der Waals surface area (Å²) in [4.78, 5) is 26.5. The van der Waals surface area contributed by atoms with Crippen molar-refractivity contribution in [1.29, 1.82) is 0 Å². The number of nitrogens with one attached hydrogen (secondary N) is 3. The number of amides is 2. The lowest BCUT2D eigenvalue weighted by Crippen LogP contribution is -2.54. The monoisotopic (exact) mass is 396 g/mol. The van der Waals surface area contributed by atoms with Gasteiger partial charge in [0, 0.05) is 35.1 Å². The molecule has 0 atom stereocenters. The fourth-order valence-electron chi connectivity index (χ4n) is 2.71. The molecule has 1 fully saturated rings. The number of carbonyl (C=O) groups excluding carboxylic acids is 2. The Morgan fingerprint density at radius 2 is 1.69 bits per heavy atom. The summed E-state index contributed by atoms with van der Waals surface area (Å²) < 4.78 is 0. The summed E-state index contributed by atoms with van der Waals surface area (Å²) in [6.07, 6.45) is 1.23. The summed E-state index contributed by atoms with van der Waals surface area (Å²) in [7, 11) is 0. The highest BCUT2D eigenvalue weighted by Crippen LogP contribution is 2.20. The fraction of sp³-hybridized carbons (Fsp3) is 0.500. The van der Waals surface area contributed by atoms with Crippen molar-refractivity contribution >= 4 is 40.7 Å². The maximum Gasteiger partial charge on any atom is 0.253 e. The Labute approximate surface area is 164 Å². The van der Waals surface area contributed by atoms with E-state index in [4.69, 9.17) is 23.8 Å². The van der Waals surface area contributed by atoms with Gasteiger partial charge in [-0.15, -0.1) is 0 Å². The number of hydrogen-bond donors (Lipinski definition) is 3. The van der Waals surface area contributed by atoms with Gasteiger partial charge in [-0.1, -0.05) is 11.6 Å². The van der Waals surface area contributed by atoms with Gasteiger partial charge in [-0.3, -0.25) is 20.4 Å². The Morgan fingerprint density at radius 3 is 2.23 bits per heavy atom. The Balaban J connectivity index is 1.78. The van der Waals surface area contributed by atoms with Gasteiger partial charge in [0.2, 0.25) is 5.91 Å². The third-order valence-corrected chi connectivity index (χ3v) is 4.49. The van der Waals surface area contributed by atoms with Crippen LogP contribution in [0.3, 0.4) is 0 Å². The first-order chi connectivity index (χ1) is 12.2. The van der Waals surface area contributed by atoms with E-state index in [1.807, 2.05) is 20.8 Å². The molecule has 2 amide bonds. The molecular weight excluding hydrogens is 372 g/mol. The van der Waals surface area contributed by atoms with Gasteiger partial charge in [0.1, 0.15) is 0 Å². The first-order valence-corrected chi connectivity index (χ1v) is 9.37. The van der Waals surface area contributed by atoms with Gasteiger partial charge >= 0.3 is 0 Å². The predicted octanol–water partition coefficient (Wildman–Crippen LogP) is 2.49. The Bertz CT molecular complexity index is 665. The molecular formula is C18H25ClN4O2S. The minimum Gasteiger partial charge on any atom is -0.357 e. The number of piperidine rings is 1. The van der Waals surface area contributed by atoms with Gasteiger partial charge in [-0.25, -0.2) is 0 Å². The average Bonchev–Trinajstić information content (AvgIpc) is 2.58. The highest BCUT2D eigenvalue weighted by molar-refractivity contribution is 7.80. The van der Waals surface area contributed by atoms with Crippen LogP contribution in [0.1, 0.15) is 44.0 Å². The van der Waals surface area contributed by atoms with Crippen LogP contribution < -0.4 is 16.2 Å². The molecule has 0 bridgehead atoms. The van der Waals surface area contributed by atoms with Crippen LogP contribution in [0.2, 0.25) is 5.02 Å². The van der Waals surface area contributed by atoms with Crippen LogP contribution in [0, 0.1) is 5.92 Å². The van der Waals surface area contributed by atoms with Crippen molar-refractivity contribution in [3.8, 4) is 0 Å². The van der Waals surface area contributed by atoms with Crippen LogP contribution in [0.5, 0.6) is 0 Å². The molecule has 8 heteroatoms. The zero-order chi connectivity index (χ0) is 19.3. The van der Waals surface area contributed by atoms with E-state index in [2.05, 4.69) is 16.2 Å². The molecule has 2 rings (SSSR count). The van der Waals surface area contributed by atoms with Crippen LogP contribution in [0.15, 0.2) is 24.3 Å². The maximum absolute atomic E-state index is 12.5. The largest absolute Gasteiger partial charge is 0.357 e. The highest BCUT2D eigenvalue weighted by atomic mass is 35.5. The van der Waals surface area contributed by atoms with Gasteiger partial charge in [0.05, 0.1) is 0 Å². The Morgan fingerprint density at radius 1 is 1.12 bits per heavy atom. The number of rotatable bonds is 2. The lowest BCUT2D eigenvalue weighted by Gasteiger charge is -2.31. The standard InChI is InChI=1S/C18H25ClN4O2S/c1-18(2,3)20-17(26)22-21-15(24)12-8-10-23(11-9-12)16(25)13-4-6-14(19)7-5-13/h4-7,12H,8-11H2,1-3H3,(H,21,24)(H2,20,22,26). The molecule has 0 unspecified atom stereocenters. The summed E-state index contributed by atoms with van der Waals surface area (Å²) >= 11 is 11.0. The van der Waals surface area contributed by atoms with E-state index >= 15 is 0 Å². The van der Waals surface area contributed by atoms with Crippen molar-refractivity contribution in [2.45, 2.75) is 39.2 Å². The van der Waals surface area contributed by atoms with Crippen LogP contribution in [0.4, 0.5) is 0 Å². The van der Waals surface area contributed by atoms with Crippen molar-refractivity contribution < 1.29 is 9.59 Å². The maximum atomic E-state index is 12.5. The number of halogens is 1. The molecule has 0 aromatic heterocycles. The molecule has 26 heavy (non-hydrogen) atoms. The van der Waals surface area contributed by atoms with E-state index in [0.29, 0.717) is 41.6 Å².